The molecule has 1 aromatic carbocycles. The lowest BCUT2D eigenvalue weighted by molar-refractivity contribution is 0.523. The predicted octanol–water partition coefficient (Wildman–Crippen LogP) is 3.85. The molecule has 2 atom stereocenters. The highest BCUT2D eigenvalue weighted by Crippen LogP contribution is 2.28. The van der Waals surface area contributed by atoms with Gasteiger partial charge < -0.3 is 5.32 Å². The first-order valence-corrected chi connectivity index (χ1v) is 7.55. The van der Waals surface area contributed by atoms with Crippen molar-refractivity contribution in [3.05, 3.63) is 34.6 Å². The van der Waals surface area contributed by atoms with Crippen molar-refractivity contribution in [2.45, 2.75) is 37.1 Å². The van der Waals surface area contributed by atoms with Gasteiger partial charge in [-0.3, -0.25) is 0 Å². The van der Waals surface area contributed by atoms with Gasteiger partial charge in [0.05, 0.1) is 0 Å². The van der Waals surface area contributed by atoms with E-state index in [1.807, 2.05) is 11.8 Å². The Kier molecular flexibility index (Phi) is 4.71. The van der Waals surface area contributed by atoms with Crippen LogP contribution in [0.2, 0.25) is 5.02 Å². The van der Waals surface area contributed by atoms with Crippen molar-refractivity contribution in [1.82, 2.24) is 5.32 Å². The minimum Gasteiger partial charge on any atom is -0.310 e. The number of halogens is 2. The summed E-state index contributed by atoms with van der Waals surface area (Å²) in [4.78, 5) is 0. The summed E-state index contributed by atoms with van der Waals surface area (Å²) in [7, 11) is 0. The molecule has 0 spiro atoms. The van der Waals surface area contributed by atoms with E-state index in [1.54, 1.807) is 6.07 Å². The van der Waals surface area contributed by atoms with E-state index in [0.29, 0.717) is 17.6 Å². The molecule has 17 heavy (non-hydrogen) atoms. The van der Waals surface area contributed by atoms with Crippen LogP contribution < -0.4 is 5.32 Å². The van der Waals surface area contributed by atoms with Gasteiger partial charge in [0.1, 0.15) is 5.82 Å². The van der Waals surface area contributed by atoms with E-state index in [2.05, 4.69) is 11.6 Å². The van der Waals surface area contributed by atoms with Gasteiger partial charge in [-0.1, -0.05) is 11.6 Å². The fraction of sp³-hybridized carbons (Fsp3) is 0.538. The first-order chi connectivity index (χ1) is 8.19. The minimum absolute atomic E-state index is 0.223. The van der Waals surface area contributed by atoms with Crippen molar-refractivity contribution in [3.8, 4) is 0 Å². The molecule has 2 rings (SSSR count). The minimum atomic E-state index is -0.223. The summed E-state index contributed by atoms with van der Waals surface area (Å²) >= 11 is 7.96. The number of hydrogen-bond donors (Lipinski definition) is 1. The van der Waals surface area contributed by atoms with E-state index in [9.17, 15) is 4.39 Å². The molecular formula is C13H17ClFNS. The Hall–Kier alpha value is -0.250. The Bertz CT molecular complexity index is 386. The lowest BCUT2D eigenvalue weighted by Gasteiger charge is -2.13. The SMILES string of the molecule is CSC1CCC(NCc2cc(F)ccc2Cl)C1. The van der Waals surface area contributed by atoms with Gasteiger partial charge in [0.2, 0.25) is 0 Å². The van der Waals surface area contributed by atoms with Crippen LogP contribution in [0.25, 0.3) is 0 Å². The largest absolute Gasteiger partial charge is 0.310 e. The summed E-state index contributed by atoms with van der Waals surface area (Å²) < 4.78 is 13.1. The van der Waals surface area contributed by atoms with Gasteiger partial charge in [0.15, 0.2) is 0 Å². The molecule has 94 valence electrons. The summed E-state index contributed by atoms with van der Waals surface area (Å²) in [6.45, 7) is 0.655. The topological polar surface area (TPSA) is 12.0 Å². The Balaban J connectivity index is 1.88. The van der Waals surface area contributed by atoms with Crippen molar-refractivity contribution in [1.29, 1.82) is 0 Å². The molecular weight excluding hydrogens is 257 g/mol. The first-order valence-electron chi connectivity index (χ1n) is 5.89. The molecule has 1 nitrogen and oxygen atoms in total. The van der Waals surface area contributed by atoms with Crippen molar-refractivity contribution >= 4 is 23.4 Å². The van der Waals surface area contributed by atoms with Crippen LogP contribution in [-0.4, -0.2) is 17.5 Å². The fourth-order valence-electron chi connectivity index (χ4n) is 2.27. The van der Waals surface area contributed by atoms with Gasteiger partial charge in [-0.05, 0) is 49.3 Å². The molecule has 2 unspecified atom stereocenters. The maximum absolute atomic E-state index is 13.1. The smallest absolute Gasteiger partial charge is 0.123 e. The molecule has 1 fully saturated rings. The van der Waals surface area contributed by atoms with Crippen LogP contribution in [0.5, 0.6) is 0 Å². The molecule has 0 saturated heterocycles. The number of benzene rings is 1. The quantitative estimate of drug-likeness (QED) is 0.894. The van der Waals surface area contributed by atoms with E-state index < -0.39 is 0 Å². The number of thioether (sulfide) groups is 1. The summed E-state index contributed by atoms with van der Waals surface area (Å²) in [6.07, 6.45) is 5.85. The highest BCUT2D eigenvalue weighted by molar-refractivity contribution is 7.99. The highest BCUT2D eigenvalue weighted by atomic mass is 35.5. The van der Waals surface area contributed by atoms with Gasteiger partial charge in [-0.2, -0.15) is 11.8 Å². The number of hydrogen-bond acceptors (Lipinski definition) is 2. The summed E-state index contributed by atoms with van der Waals surface area (Å²) in [5, 5.41) is 4.88. The van der Waals surface area contributed by atoms with Crippen LogP contribution in [0, 0.1) is 5.82 Å². The Labute approximate surface area is 111 Å². The second-order valence-electron chi connectivity index (χ2n) is 4.48. The predicted molar refractivity (Wildman–Crippen MR) is 73.2 cm³/mol. The van der Waals surface area contributed by atoms with Crippen molar-refractivity contribution in [3.63, 3.8) is 0 Å². The maximum atomic E-state index is 13.1. The molecule has 1 aromatic rings. The Morgan fingerprint density at radius 1 is 1.47 bits per heavy atom. The van der Waals surface area contributed by atoms with E-state index in [4.69, 9.17) is 11.6 Å². The second-order valence-corrected chi connectivity index (χ2v) is 6.03. The molecule has 1 aliphatic rings. The molecule has 0 heterocycles. The van der Waals surface area contributed by atoms with Crippen LogP contribution >= 0.6 is 23.4 Å². The normalized spacial score (nSPS) is 24.2. The summed E-state index contributed by atoms with van der Waals surface area (Å²) in [6, 6.07) is 5.07. The fourth-order valence-corrected chi connectivity index (χ4v) is 3.25. The zero-order valence-electron chi connectivity index (χ0n) is 9.88. The van der Waals surface area contributed by atoms with E-state index in [1.165, 1.54) is 31.4 Å². The standard InChI is InChI=1S/C13H17ClFNS/c1-17-12-4-3-11(7-12)16-8-9-6-10(15)2-5-13(9)14/h2,5-6,11-12,16H,3-4,7-8H2,1H3. The molecule has 0 radical (unpaired) electrons. The average molecular weight is 274 g/mol. The average Bonchev–Trinajstić information content (AvgIpc) is 2.78. The molecule has 1 N–H and O–H groups in total. The van der Waals surface area contributed by atoms with Gasteiger partial charge in [0.25, 0.3) is 0 Å². The second kappa shape index (κ2) is 6.07. The molecule has 1 aliphatic carbocycles. The van der Waals surface area contributed by atoms with Crippen LogP contribution in [0.4, 0.5) is 4.39 Å². The molecule has 0 aromatic heterocycles. The third kappa shape index (κ3) is 3.60. The van der Waals surface area contributed by atoms with Crippen molar-refractivity contribution in [2.24, 2.45) is 0 Å². The van der Waals surface area contributed by atoms with Gasteiger partial charge in [0, 0.05) is 22.9 Å². The lowest BCUT2D eigenvalue weighted by Crippen LogP contribution is -2.26. The van der Waals surface area contributed by atoms with Crippen molar-refractivity contribution < 1.29 is 4.39 Å². The van der Waals surface area contributed by atoms with Gasteiger partial charge in [-0.25, -0.2) is 4.39 Å². The molecule has 0 aliphatic heterocycles. The number of rotatable bonds is 4. The van der Waals surface area contributed by atoms with Crippen LogP contribution in [0.1, 0.15) is 24.8 Å². The third-order valence-corrected chi connectivity index (χ3v) is 4.77. The van der Waals surface area contributed by atoms with Crippen LogP contribution in [0.15, 0.2) is 18.2 Å². The Morgan fingerprint density at radius 3 is 3.00 bits per heavy atom. The molecule has 4 heteroatoms. The van der Waals surface area contributed by atoms with E-state index in [0.717, 1.165) is 10.8 Å². The van der Waals surface area contributed by atoms with E-state index in [-0.39, 0.29) is 5.82 Å². The van der Waals surface area contributed by atoms with Crippen LogP contribution in [0.3, 0.4) is 0 Å². The third-order valence-electron chi connectivity index (χ3n) is 3.31. The molecule has 0 bridgehead atoms. The van der Waals surface area contributed by atoms with Crippen LogP contribution in [-0.2, 0) is 6.54 Å². The lowest BCUT2D eigenvalue weighted by atomic mass is 10.2. The monoisotopic (exact) mass is 273 g/mol. The maximum Gasteiger partial charge on any atom is 0.123 e. The number of nitrogens with one attached hydrogen (secondary N) is 1. The summed E-state index contributed by atoms with van der Waals surface area (Å²) in [5.74, 6) is -0.223. The molecule has 0 amide bonds. The van der Waals surface area contributed by atoms with Gasteiger partial charge in [-0.15, -0.1) is 0 Å². The van der Waals surface area contributed by atoms with Gasteiger partial charge >= 0.3 is 0 Å². The van der Waals surface area contributed by atoms with E-state index >= 15 is 0 Å². The zero-order chi connectivity index (χ0) is 12.3. The zero-order valence-corrected chi connectivity index (χ0v) is 11.5. The Morgan fingerprint density at radius 2 is 2.29 bits per heavy atom. The first kappa shape index (κ1) is 13.2. The summed E-state index contributed by atoms with van der Waals surface area (Å²) in [5.41, 5.74) is 0.847. The highest BCUT2D eigenvalue weighted by Gasteiger charge is 2.23. The van der Waals surface area contributed by atoms with Crippen molar-refractivity contribution in [2.75, 3.05) is 6.26 Å². The molecule has 1 saturated carbocycles.